The topological polar surface area (TPSA) is 67.2 Å². The highest BCUT2D eigenvalue weighted by molar-refractivity contribution is 5.95. The molecule has 3 aromatic rings. The number of aromatic nitrogens is 2. The molecule has 0 N–H and O–H groups in total. The Morgan fingerprint density at radius 2 is 1.59 bits per heavy atom. The number of terminal acetylenes is 1. The summed E-state index contributed by atoms with van der Waals surface area (Å²) in [5.74, 6) is 2.59. The Labute approximate surface area is 187 Å². The summed E-state index contributed by atoms with van der Waals surface area (Å²) in [4.78, 5) is 32.9. The van der Waals surface area contributed by atoms with E-state index in [1.54, 1.807) is 16.0 Å². The lowest BCUT2D eigenvalue weighted by atomic mass is 10.0. The molecule has 0 aliphatic carbocycles. The Bertz CT molecular complexity index is 1190. The number of ether oxygens (including phenoxy) is 1. The van der Waals surface area contributed by atoms with Crippen LogP contribution < -0.4 is 0 Å². The summed E-state index contributed by atoms with van der Waals surface area (Å²) in [7, 11) is 0. The second-order valence-electron chi connectivity index (χ2n) is 8.77. The Morgan fingerprint density at radius 3 is 2.22 bits per heavy atom. The summed E-state index contributed by atoms with van der Waals surface area (Å²) in [6.45, 7) is 7.40. The molecular formula is C25H26N4O3. The minimum atomic E-state index is -0.531. The molecule has 1 fully saturated rings. The first kappa shape index (κ1) is 21.4. The lowest BCUT2D eigenvalue weighted by Crippen LogP contribution is -2.51. The first-order valence-corrected chi connectivity index (χ1v) is 10.6. The number of amides is 2. The summed E-state index contributed by atoms with van der Waals surface area (Å²) in [5.41, 5.74) is 3.54. The number of imidazole rings is 1. The minimum absolute atomic E-state index is 0.0416. The van der Waals surface area contributed by atoms with Crippen LogP contribution in [0.15, 0.2) is 48.8 Å². The third-order valence-corrected chi connectivity index (χ3v) is 5.34. The Balaban J connectivity index is 1.42. The number of carbonyl (C=O) groups is 2. The second-order valence-corrected chi connectivity index (χ2v) is 8.77. The first-order valence-electron chi connectivity index (χ1n) is 10.6. The van der Waals surface area contributed by atoms with Crippen LogP contribution in [-0.4, -0.2) is 63.0 Å². The molecule has 0 spiro atoms. The summed E-state index contributed by atoms with van der Waals surface area (Å²) in [6, 6.07) is 11.4. The van der Waals surface area contributed by atoms with Crippen LogP contribution in [0.25, 0.3) is 16.8 Å². The fourth-order valence-corrected chi connectivity index (χ4v) is 3.66. The predicted octanol–water partition coefficient (Wildman–Crippen LogP) is 3.68. The smallest absolute Gasteiger partial charge is 0.410 e. The van der Waals surface area contributed by atoms with Gasteiger partial charge < -0.3 is 14.5 Å². The molecule has 3 heterocycles. The molecule has 1 aliphatic rings. The van der Waals surface area contributed by atoms with E-state index in [1.165, 1.54) is 0 Å². The van der Waals surface area contributed by atoms with Crippen LogP contribution >= 0.6 is 0 Å². The molecule has 164 valence electrons. The normalized spacial score (nSPS) is 14.3. The van der Waals surface area contributed by atoms with Gasteiger partial charge in [0.2, 0.25) is 0 Å². The Kier molecular flexibility index (Phi) is 5.62. The molecule has 0 atom stereocenters. The van der Waals surface area contributed by atoms with Crippen molar-refractivity contribution in [3.63, 3.8) is 0 Å². The van der Waals surface area contributed by atoms with Crippen LogP contribution in [0, 0.1) is 12.3 Å². The van der Waals surface area contributed by atoms with E-state index in [9.17, 15) is 9.59 Å². The van der Waals surface area contributed by atoms with Crippen molar-refractivity contribution in [2.45, 2.75) is 26.4 Å². The van der Waals surface area contributed by atoms with Gasteiger partial charge in [0.25, 0.3) is 5.91 Å². The summed E-state index contributed by atoms with van der Waals surface area (Å²) < 4.78 is 7.29. The van der Waals surface area contributed by atoms with E-state index in [0.717, 1.165) is 16.8 Å². The summed E-state index contributed by atoms with van der Waals surface area (Å²) in [6.07, 6.45) is 8.83. The number of fused-ring (bicyclic) bond motifs is 1. The van der Waals surface area contributed by atoms with Crippen molar-refractivity contribution in [1.82, 2.24) is 19.2 Å². The standard InChI is InChI=1S/C25H26N4O3/c1-5-21-16-26-22-11-10-20(17-29(21)22)18-6-8-19(9-7-18)23(30)27-12-14-28(15-13-27)24(31)32-25(2,3)4/h1,6-11,16-17H,12-15H2,2-4H3. The number of hydrogen-bond donors (Lipinski definition) is 0. The highest BCUT2D eigenvalue weighted by Gasteiger charge is 2.28. The molecule has 0 unspecified atom stereocenters. The molecule has 1 saturated heterocycles. The third-order valence-electron chi connectivity index (χ3n) is 5.34. The van der Waals surface area contributed by atoms with E-state index in [-0.39, 0.29) is 12.0 Å². The largest absolute Gasteiger partial charge is 0.444 e. The number of hydrogen-bond acceptors (Lipinski definition) is 4. The van der Waals surface area contributed by atoms with Gasteiger partial charge in [0, 0.05) is 37.9 Å². The number of rotatable bonds is 2. The highest BCUT2D eigenvalue weighted by Crippen LogP contribution is 2.22. The fourth-order valence-electron chi connectivity index (χ4n) is 3.66. The molecule has 1 aromatic carbocycles. The number of piperazine rings is 1. The van der Waals surface area contributed by atoms with Gasteiger partial charge in [-0.2, -0.15) is 0 Å². The molecule has 2 amide bonds. The Morgan fingerprint density at radius 1 is 0.969 bits per heavy atom. The first-order chi connectivity index (χ1) is 15.2. The van der Waals surface area contributed by atoms with Crippen molar-refractivity contribution in [3.8, 4) is 23.5 Å². The van der Waals surface area contributed by atoms with E-state index in [2.05, 4.69) is 10.9 Å². The van der Waals surface area contributed by atoms with Gasteiger partial charge in [-0.25, -0.2) is 9.78 Å². The number of carbonyl (C=O) groups excluding carboxylic acids is 2. The van der Waals surface area contributed by atoms with Gasteiger partial charge in [0.15, 0.2) is 0 Å². The van der Waals surface area contributed by atoms with E-state index in [0.29, 0.717) is 37.4 Å². The molecule has 0 radical (unpaired) electrons. The highest BCUT2D eigenvalue weighted by atomic mass is 16.6. The van der Waals surface area contributed by atoms with Gasteiger partial charge in [-0.3, -0.25) is 9.20 Å². The average Bonchev–Trinajstić information content (AvgIpc) is 3.20. The molecule has 0 saturated carbocycles. The van der Waals surface area contributed by atoms with Crippen LogP contribution in [0.4, 0.5) is 4.79 Å². The van der Waals surface area contributed by atoms with Gasteiger partial charge in [0.05, 0.1) is 6.20 Å². The summed E-state index contributed by atoms with van der Waals surface area (Å²) >= 11 is 0. The quantitative estimate of drug-likeness (QED) is 0.582. The lowest BCUT2D eigenvalue weighted by molar-refractivity contribution is 0.0141. The van der Waals surface area contributed by atoms with Crippen molar-refractivity contribution in [2.75, 3.05) is 26.2 Å². The molecule has 0 bridgehead atoms. The van der Waals surface area contributed by atoms with Crippen LogP contribution in [-0.2, 0) is 4.74 Å². The average molecular weight is 431 g/mol. The number of benzene rings is 1. The minimum Gasteiger partial charge on any atom is -0.444 e. The molecule has 1 aliphatic heterocycles. The van der Waals surface area contributed by atoms with Gasteiger partial charge >= 0.3 is 6.09 Å². The van der Waals surface area contributed by atoms with Crippen LogP contribution in [0.1, 0.15) is 36.8 Å². The zero-order valence-electron chi connectivity index (χ0n) is 18.5. The SMILES string of the molecule is C#Cc1cnc2ccc(-c3ccc(C(=O)N4CCN(C(=O)OC(C)(C)C)CC4)cc3)cn12. The van der Waals surface area contributed by atoms with Crippen molar-refractivity contribution in [1.29, 1.82) is 0 Å². The predicted molar refractivity (Wildman–Crippen MR) is 122 cm³/mol. The zero-order chi connectivity index (χ0) is 22.9. The van der Waals surface area contributed by atoms with E-state index < -0.39 is 5.60 Å². The van der Waals surface area contributed by atoms with Crippen molar-refractivity contribution in [3.05, 3.63) is 60.0 Å². The molecule has 2 aromatic heterocycles. The van der Waals surface area contributed by atoms with Gasteiger partial charge in [0.1, 0.15) is 16.9 Å². The van der Waals surface area contributed by atoms with Crippen molar-refractivity contribution in [2.24, 2.45) is 0 Å². The fraction of sp³-hybridized carbons (Fsp3) is 0.320. The zero-order valence-corrected chi connectivity index (χ0v) is 18.5. The molecule has 7 heteroatoms. The van der Waals surface area contributed by atoms with Crippen LogP contribution in [0.3, 0.4) is 0 Å². The van der Waals surface area contributed by atoms with E-state index in [4.69, 9.17) is 11.2 Å². The van der Waals surface area contributed by atoms with E-state index in [1.807, 2.05) is 67.8 Å². The van der Waals surface area contributed by atoms with Crippen molar-refractivity contribution < 1.29 is 14.3 Å². The van der Waals surface area contributed by atoms with Crippen LogP contribution in [0.5, 0.6) is 0 Å². The van der Waals surface area contributed by atoms with Gasteiger partial charge in [-0.15, -0.1) is 6.42 Å². The second kappa shape index (κ2) is 8.39. The monoisotopic (exact) mass is 430 g/mol. The Hall–Kier alpha value is -3.79. The molecule has 4 rings (SSSR count). The lowest BCUT2D eigenvalue weighted by Gasteiger charge is -2.35. The van der Waals surface area contributed by atoms with Gasteiger partial charge in [-0.1, -0.05) is 18.1 Å². The van der Waals surface area contributed by atoms with E-state index >= 15 is 0 Å². The third kappa shape index (κ3) is 4.45. The number of pyridine rings is 1. The van der Waals surface area contributed by atoms with Crippen molar-refractivity contribution >= 4 is 17.6 Å². The maximum absolute atomic E-state index is 12.9. The summed E-state index contributed by atoms with van der Waals surface area (Å²) in [5, 5.41) is 0. The molecule has 32 heavy (non-hydrogen) atoms. The number of nitrogens with zero attached hydrogens (tertiary/aromatic N) is 4. The maximum atomic E-state index is 12.9. The molecule has 7 nitrogen and oxygen atoms in total. The molecular weight excluding hydrogens is 404 g/mol. The van der Waals surface area contributed by atoms with Crippen LogP contribution in [0.2, 0.25) is 0 Å². The van der Waals surface area contributed by atoms with Gasteiger partial charge in [-0.05, 0) is 56.2 Å². The maximum Gasteiger partial charge on any atom is 0.410 e.